The van der Waals surface area contributed by atoms with Crippen LogP contribution < -0.4 is 11.1 Å². The van der Waals surface area contributed by atoms with Crippen LogP contribution in [0, 0.1) is 0 Å². The minimum Gasteiger partial charge on any atom is -0.379 e. The van der Waals surface area contributed by atoms with E-state index in [2.05, 4.69) is 33.1 Å². The Morgan fingerprint density at radius 3 is 2.77 bits per heavy atom. The highest BCUT2D eigenvalue weighted by molar-refractivity contribution is 5.99. The number of aromatic nitrogens is 1. The molecule has 0 bridgehead atoms. The fourth-order valence-corrected chi connectivity index (χ4v) is 3.45. The first kappa shape index (κ1) is 18.9. The molecule has 142 valence electrons. The number of carbonyl (C=O) groups excluding carboxylic acids is 1. The molecule has 6 heteroatoms. The van der Waals surface area contributed by atoms with Gasteiger partial charge in [-0.15, -0.1) is 0 Å². The summed E-state index contributed by atoms with van der Waals surface area (Å²) < 4.78 is 7.66. The summed E-state index contributed by atoms with van der Waals surface area (Å²) in [7, 11) is 0. The average Bonchev–Trinajstić information content (AvgIpc) is 3.03. The number of nitrogens with one attached hydrogen (secondary N) is 1. The van der Waals surface area contributed by atoms with E-state index in [0.717, 1.165) is 56.9 Å². The predicted octanol–water partition coefficient (Wildman–Crippen LogP) is 2.43. The first-order valence-electron chi connectivity index (χ1n) is 9.49. The minimum atomic E-state index is -0.839. The van der Waals surface area contributed by atoms with Gasteiger partial charge in [0.2, 0.25) is 5.91 Å². The van der Waals surface area contributed by atoms with Crippen molar-refractivity contribution in [2.75, 3.05) is 38.2 Å². The van der Waals surface area contributed by atoms with Crippen molar-refractivity contribution in [1.29, 1.82) is 0 Å². The van der Waals surface area contributed by atoms with Gasteiger partial charge in [-0.3, -0.25) is 9.69 Å². The van der Waals surface area contributed by atoms with Crippen molar-refractivity contribution >= 4 is 22.5 Å². The quantitative estimate of drug-likeness (QED) is 0.797. The van der Waals surface area contributed by atoms with Gasteiger partial charge >= 0.3 is 0 Å². The van der Waals surface area contributed by atoms with Crippen LogP contribution in [-0.2, 0) is 16.1 Å². The van der Waals surface area contributed by atoms with E-state index in [4.69, 9.17) is 10.5 Å². The van der Waals surface area contributed by atoms with Crippen molar-refractivity contribution in [1.82, 2.24) is 9.47 Å². The number of carbonyl (C=O) groups is 1. The molecule has 0 aliphatic carbocycles. The number of hydrogen-bond donors (Lipinski definition) is 2. The van der Waals surface area contributed by atoms with Crippen LogP contribution in [0.15, 0.2) is 30.5 Å². The number of rotatable bonds is 7. The van der Waals surface area contributed by atoms with Gasteiger partial charge in [0.25, 0.3) is 0 Å². The predicted molar refractivity (Wildman–Crippen MR) is 105 cm³/mol. The van der Waals surface area contributed by atoms with Crippen molar-refractivity contribution in [2.45, 2.75) is 38.8 Å². The first-order valence-corrected chi connectivity index (χ1v) is 9.49. The zero-order valence-electron chi connectivity index (χ0n) is 15.8. The maximum atomic E-state index is 12.4. The first-order chi connectivity index (χ1) is 12.5. The summed E-state index contributed by atoms with van der Waals surface area (Å²) in [6.45, 7) is 9.45. The van der Waals surface area contributed by atoms with Gasteiger partial charge in [-0.05, 0) is 37.6 Å². The van der Waals surface area contributed by atoms with Gasteiger partial charge in [-0.25, -0.2) is 0 Å². The molecular weight excluding hydrogens is 328 g/mol. The molecular formula is C20H30N4O2. The van der Waals surface area contributed by atoms with Crippen molar-refractivity contribution in [3.05, 3.63) is 30.5 Å². The van der Waals surface area contributed by atoms with E-state index in [9.17, 15) is 4.79 Å². The van der Waals surface area contributed by atoms with Crippen LogP contribution in [0.1, 0.15) is 26.7 Å². The van der Waals surface area contributed by atoms with E-state index < -0.39 is 5.54 Å². The molecule has 3 rings (SSSR count). The Morgan fingerprint density at radius 1 is 1.27 bits per heavy atom. The lowest BCUT2D eigenvalue weighted by molar-refractivity contribution is -0.120. The molecule has 1 aliphatic rings. The second kappa shape index (κ2) is 8.20. The van der Waals surface area contributed by atoms with Crippen molar-refractivity contribution in [2.24, 2.45) is 5.73 Å². The number of morpholine rings is 1. The summed E-state index contributed by atoms with van der Waals surface area (Å²) >= 11 is 0. The third-order valence-corrected chi connectivity index (χ3v) is 5.08. The van der Waals surface area contributed by atoms with Crippen LogP contribution in [0.3, 0.4) is 0 Å². The summed E-state index contributed by atoms with van der Waals surface area (Å²) in [6.07, 6.45) is 3.66. The normalized spacial score (nSPS) is 18.0. The van der Waals surface area contributed by atoms with E-state index in [1.54, 1.807) is 6.92 Å². The smallest absolute Gasteiger partial charge is 0.244 e. The van der Waals surface area contributed by atoms with E-state index in [1.165, 1.54) is 5.52 Å². The lowest BCUT2D eigenvalue weighted by Crippen LogP contribution is -2.48. The zero-order valence-corrected chi connectivity index (χ0v) is 15.8. The number of fused-ring (bicyclic) bond motifs is 1. The molecule has 1 aromatic heterocycles. The fraction of sp³-hybridized carbons (Fsp3) is 0.550. The Hall–Kier alpha value is -1.89. The highest BCUT2D eigenvalue weighted by atomic mass is 16.5. The highest BCUT2D eigenvalue weighted by Gasteiger charge is 2.27. The summed E-state index contributed by atoms with van der Waals surface area (Å²) in [5.41, 5.74) is 7.25. The van der Waals surface area contributed by atoms with Crippen LogP contribution in [0.5, 0.6) is 0 Å². The number of anilines is 1. The molecule has 26 heavy (non-hydrogen) atoms. The summed E-state index contributed by atoms with van der Waals surface area (Å²) in [5.74, 6) is -0.134. The molecule has 3 N–H and O–H groups in total. The van der Waals surface area contributed by atoms with Gasteiger partial charge in [0, 0.05) is 49.0 Å². The maximum absolute atomic E-state index is 12.4. The molecule has 2 aromatic rings. The molecule has 1 unspecified atom stereocenters. The third kappa shape index (κ3) is 4.44. The Morgan fingerprint density at radius 2 is 2.04 bits per heavy atom. The summed E-state index contributed by atoms with van der Waals surface area (Å²) in [4.78, 5) is 14.8. The average molecular weight is 358 g/mol. The van der Waals surface area contributed by atoms with E-state index in [-0.39, 0.29) is 5.91 Å². The van der Waals surface area contributed by atoms with Gasteiger partial charge in [-0.1, -0.05) is 13.3 Å². The van der Waals surface area contributed by atoms with Crippen LogP contribution >= 0.6 is 0 Å². The van der Waals surface area contributed by atoms with Crippen molar-refractivity contribution < 1.29 is 9.53 Å². The largest absolute Gasteiger partial charge is 0.379 e. The van der Waals surface area contributed by atoms with Crippen LogP contribution in [0.25, 0.3) is 10.9 Å². The van der Waals surface area contributed by atoms with Crippen molar-refractivity contribution in [3.63, 3.8) is 0 Å². The summed E-state index contributed by atoms with van der Waals surface area (Å²) in [5, 5.41) is 4.08. The number of benzene rings is 1. The SMILES string of the molecule is CCCC(C)(N)C(=O)Nc1ccc2c(ccn2CCN2CCOCC2)c1. The lowest BCUT2D eigenvalue weighted by Gasteiger charge is -2.26. The van der Waals surface area contributed by atoms with Crippen LogP contribution in [0.4, 0.5) is 5.69 Å². The fourth-order valence-electron chi connectivity index (χ4n) is 3.45. The molecule has 1 aliphatic heterocycles. The topological polar surface area (TPSA) is 72.5 Å². The molecule has 1 fully saturated rings. The van der Waals surface area contributed by atoms with Gasteiger partial charge in [0.05, 0.1) is 18.8 Å². The third-order valence-electron chi connectivity index (χ3n) is 5.08. The minimum absolute atomic E-state index is 0.134. The molecule has 0 radical (unpaired) electrons. The maximum Gasteiger partial charge on any atom is 0.244 e. The zero-order chi connectivity index (χ0) is 18.6. The Labute approximate surface area is 155 Å². The highest BCUT2D eigenvalue weighted by Crippen LogP contribution is 2.22. The Balaban J connectivity index is 1.65. The van der Waals surface area contributed by atoms with E-state index in [0.29, 0.717) is 6.42 Å². The second-order valence-corrected chi connectivity index (χ2v) is 7.36. The van der Waals surface area contributed by atoms with Crippen LogP contribution in [0.2, 0.25) is 0 Å². The molecule has 1 aromatic carbocycles. The molecule has 0 spiro atoms. The number of nitrogens with two attached hydrogens (primary N) is 1. The number of hydrogen-bond acceptors (Lipinski definition) is 4. The van der Waals surface area contributed by atoms with Gasteiger partial charge in [-0.2, -0.15) is 0 Å². The molecule has 1 atom stereocenters. The molecule has 0 saturated carbocycles. The number of ether oxygens (including phenoxy) is 1. The van der Waals surface area contributed by atoms with E-state index >= 15 is 0 Å². The summed E-state index contributed by atoms with van der Waals surface area (Å²) in [6, 6.07) is 8.13. The van der Waals surface area contributed by atoms with Gasteiger partial charge < -0.3 is 20.4 Å². The number of nitrogens with zero attached hydrogens (tertiary/aromatic N) is 2. The monoisotopic (exact) mass is 358 g/mol. The van der Waals surface area contributed by atoms with E-state index in [1.807, 2.05) is 19.1 Å². The standard InChI is InChI=1S/C20H30N4O2/c1-3-7-20(2,21)19(25)22-17-4-5-18-16(15-17)6-8-24(18)10-9-23-11-13-26-14-12-23/h4-6,8,15H,3,7,9-14,21H2,1-2H3,(H,22,25). The molecule has 2 heterocycles. The Kier molecular flexibility index (Phi) is 5.96. The molecule has 6 nitrogen and oxygen atoms in total. The number of amides is 1. The van der Waals surface area contributed by atoms with Gasteiger partial charge in [0.15, 0.2) is 0 Å². The Bertz CT molecular complexity index is 747. The molecule has 1 saturated heterocycles. The molecule has 1 amide bonds. The van der Waals surface area contributed by atoms with Crippen LogP contribution in [-0.4, -0.2) is 53.8 Å². The lowest BCUT2D eigenvalue weighted by atomic mass is 9.96. The second-order valence-electron chi connectivity index (χ2n) is 7.36. The van der Waals surface area contributed by atoms with Crippen molar-refractivity contribution in [3.8, 4) is 0 Å². The van der Waals surface area contributed by atoms with Gasteiger partial charge in [0.1, 0.15) is 0 Å².